The van der Waals surface area contributed by atoms with Crippen LogP contribution in [0, 0.1) is 13.8 Å². The van der Waals surface area contributed by atoms with Crippen LogP contribution in [-0.2, 0) is 0 Å². The number of hydrogen-bond acceptors (Lipinski definition) is 3. The first-order valence-electron chi connectivity index (χ1n) is 6.65. The molecule has 1 amide bonds. The fourth-order valence-electron chi connectivity index (χ4n) is 2.57. The molecule has 0 aromatic carbocycles. The summed E-state index contributed by atoms with van der Waals surface area (Å²) in [5, 5.41) is 0. The highest BCUT2D eigenvalue weighted by atomic mass is 32.1. The Labute approximate surface area is 123 Å². The molecule has 0 radical (unpaired) electrons. The van der Waals surface area contributed by atoms with E-state index in [2.05, 4.69) is 0 Å². The summed E-state index contributed by atoms with van der Waals surface area (Å²) in [6.45, 7) is 4.48. The number of nitrogens with two attached hydrogens (primary N) is 1. The van der Waals surface area contributed by atoms with E-state index in [-0.39, 0.29) is 5.91 Å². The van der Waals surface area contributed by atoms with Crippen LogP contribution >= 0.6 is 23.6 Å². The Morgan fingerprint density at radius 2 is 2.11 bits per heavy atom. The Morgan fingerprint density at radius 1 is 1.47 bits per heavy atom. The third kappa shape index (κ3) is 3.34. The molecular formula is C14H20N2OS2. The Balaban J connectivity index is 2.21. The standard InChI is InChI=1S/C14H20N2OS2/c1-9-7-12(19-10(9)2)14(17)16(8-13(15)18)11-5-3-4-6-11/h7,11H,3-6,8H2,1-2H3,(H2,15,18). The molecule has 1 saturated carbocycles. The Bertz CT molecular complexity index is 470. The van der Waals surface area contributed by atoms with Gasteiger partial charge in [0.2, 0.25) is 0 Å². The third-order valence-corrected chi connectivity index (χ3v) is 5.00. The zero-order chi connectivity index (χ0) is 14.0. The molecule has 1 aliphatic carbocycles. The maximum absolute atomic E-state index is 12.7. The maximum atomic E-state index is 12.7. The first kappa shape index (κ1) is 14.5. The van der Waals surface area contributed by atoms with Gasteiger partial charge in [-0.1, -0.05) is 25.1 Å². The summed E-state index contributed by atoms with van der Waals surface area (Å²) in [7, 11) is 0. The van der Waals surface area contributed by atoms with E-state index in [1.807, 2.05) is 24.8 Å². The second-order valence-corrected chi connectivity index (χ2v) is 6.97. The van der Waals surface area contributed by atoms with Crippen molar-refractivity contribution in [2.75, 3.05) is 6.54 Å². The van der Waals surface area contributed by atoms with Gasteiger partial charge in [0.05, 0.1) is 16.4 Å². The van der Waals surface area contributed by atoms with Gasteiger partial charge in [-0.15, -0.1) is 11.3 Å². The monoisotopic (exact) mass is 296 g/mol. The van der Waals surface area contributed by atoms with Gasteiger partial charge in [0.1, 0.15) is 0 Å². The molecule has 1 aromatic rings. The maximum Gasteiger partial charge on any atom is 0.264 e. The summed E-state index contributed by atoms with van der Waals surface area (Å²) in [6.07, 6.45) is 4.51. The van der Waals surface area contributed by atoms with Crippen molar-refractivity contribution < 1.29 is 4.79 Å². The lowest BCUT2D eigenvalue weighted by molar-refractivity contribution is 0.0719. The molecule has 5 heteroatoms. The van der Waals surface area contributed by atoms with Crippen molar-refractivity contribution in [3.63, 3.8) is 0 Å². The van der Waals surface area contributed by atoms with Crippen molar-refractivity contribution in [3.8, 4) is 0 Å². The normalized spacial score (nSPS) is 15.7. The molecule has 2 N–H and O–H groups in total. The second-order valence-electron chi connectivity index (χ2n) is 5.19. The molecule has 1 aromatic heterocycles. The molecule has 1 fully saturated rings. The van der Waals surface area contributed by atoms with Crippen LogP contribution < -0.4 is 5.73 Å². The summed E-state index contributed by atoms with van der Waals surface area (Å²) >= 11 is 6.56. The summed E-state index contributed by atoms with van der Waals surface area (Å²) in [6, 6.07) is 2.28. The van der Waals surface area contributed by atoms with Gasteiger partial charge in [-0.25, -0.2) is 0 Å². The lowest BCUT2D eigenvalue weighted by atomic mass is 10.2. The van der Waals surface area contributed by atoms with Crippen LogP contribution in [0.2, 0.25) is 0 Å². The zero-order valence-corrected chi connectivity index (χ0v) is 13.1. The van der Waals surface area contributed by atoms with Crippen LogP contribution in [0.15, 0.2) is 6.07 Å². The van der Waals surface area contributed by atoms with Gasteiger partial charge in [-0.05, 0) is 38.3 Å². The molecule has 1 aliphatic rings. The number of amides is 1. The minimum Gasteiger partial charge on any atom is -0.392 e. The number of thiocarbonyl (C=S) groups is 1. The number of hydrogen-bond donors (Lipinski definition) is 1. The molecule has 0 saturated heterocycles. The average molecular weight is 296 g/mol. The van der Waals surface area contributed by atoms with Gasteiger partial charge in [-0.3, -0.25) is 4.79 Å². The summed E-state index contributed by atoms with van der Waals surface area (Å²) in [5.41, 5.74) is 6.83. The fourth-order valence-corrected chi connectivity index (χ4v) is 3.70. The van der Waals surface area contributed by atoms with Gasteiger partial charge < -0.3 is 10.6 Å². The highest BCUT2D eigenvalue weighted by Gasteiger charge is 2.28. The van der Waals surface area contributed by atoms with Crippen molar-refractivity contribution in [3.05, 3.63) is 21.4 Å². The molecule has 3 nitrogen and oxygen atoms in total. The Kier molecular flexibility index (Phi) is 4.58. The summed E-state index contributed by atoms with van der Waals surface area (Å²) in [4.78, 5) is 16.9. The number of carbonyl (C=O) groups is 1. The van der Waals surface area contributed by atoms with Crippen molar-refractivity contribution in [1.82, 2.24) is 4.90 Å². The van der Waals surface area contributed by atoms with Gasteiger partial charge >= 0.3 is 0 Å². The SMILES string of the molecule is Cc1cc(C(=O)N(CC(N)=S)C2CCCC2)sc1C. The van der Waals surface area contributed by atoms with E-state index in [4.69, 9.17) is 18.0 Å². The lowest BCUT2D eigenvalue weighted by Crippen LogP contribution is -2.43. The molecule has 2 rings (SSSR count). The third-order valence-electron chi connectivity index (χ3n) is 3.73. The number of aryl methyl sites for hydroxylation is 2. The van der Waals surface area contributed by atoms with Crippen molar-refractivity contribution in [1.29, 1.82) is 0 Å². The van der Waals surface area contributed by atoms with Crippen LogP contribution in [0.1, 0.15) is 45.8 Å². The molecule has 0 bridgehead atoms. The molecule has 104 valence electrons. The lowest BCUT2D eigenvalue weighted by Gasteiger charge is -2.28. The highest BCUT2D eigenvalue weighted by Crippen LogP contribution is 2.27. The van der Waals surface area contributed by atoms with Crippen LogP contribution in [0.3, 0.4) is 0 Å². The number of carbonyl (C=O) groups excluding carboxylic acids is 1. The largest absolute Gasteiger partial charge is 0.392 e. The van der Waals surface area contributed by atoms with Crippen LogP contribution in [0.5, 0.6) is 0 Å². The van der Waals surface area contributed by atoms with Gasteiger partial charge in [0.15, 0.2) is 0 Å². The highest BCUT2D eigenvalue weighted by molar-refractivity contribution is 7.80. The van der Waals surface area contributed by atoms with E-state index in [0.717, 1.165) is 17.7 Å². The topological polar surface area (TPSA) is 46.3 Å². The van der Waals surface area contributed by atoms with Crippen molar-refractivity contribution in [2.24, 2.45) is 5.73 Å². The van der Waals surface area contributed by atoms with Crippen molar-refractivity contribution in [2.45, 2.75) is 45.6 Å². The van der Waals surface area contributed by atoms with E-state index in [9.17, 15) is 4.79 Å². The van der Waals surface area contributed by atoms with E-state index < -0.39 is 0 Å². The minimum atomic E-state index is 0.0842. The summed E-state index contributed by atoms with van der Waals surface area (Å²) < 4.78 is 0. The van der Waals surface area contributed by atoms with E-state index >= 15 is 0 Å². The second kappa shape index (κ2) is 6.01. The minimum absolute atomic E-state index is 0.0842. The Morgan fingerprint density at radius 3 is 2.58 bits per heavy atom. The Hall–Kier alpha value is -0.940. The average Bonchev–Trinajstić information content (AvgIpc) is 2.96. The number of nitrogens with zero attached hydrogens (tertiary/aromatic N) is 1. The molecule has 19 heavy (non-hydrogen) atoms. The summed E-state index contributed by atoms with van der Waals surface area (Å²) in [5.74, 6) is 0.0842. The quantitative estimate of drug-likeness (QED) is 0.869. The van der Waals surface area contributed by atoms with Gasteiger partial charge in [0.25, 0.3) is 5.91 Å². The van der Waals surface area contributed by atoms with Crippen LogP contribution in [-0.4, -0.2) is 28.4 Å². The first-order valence-corrected chi connectivity index (χ1v) is 7.88. The van der Waals surface area contributed by atoms with E-state index in [1.165, 1.54) is 23.3 Å². The zero-order valence-electron chi connectivity index (χ0n) is 11.4. The number of thiophene rings is 1. The predicted molar refractivity (Wildman–Crippen MR) is 83.9 cm³/mol. The van der Waals surface area contributed by atoms with Gasteiger partial charge in [-0.2, -0.15) is 0 Å². The van der Waals surface area contributed by atoms with E-state index in [0.29, 0.717) is 17.6 Å². The molecular weight excluding hydrogens is 276 g/mol. The predicted octanol–water partition coefficient (Wildman–Crippen LogP) is 3.04. The molecule has 0 atom stereocenters. The number of rotatable bonds is 4. The molecule has 0 unspecified atom stereocenters. The molecule has 1 heterocycles. The first-order chi connectivity index (χ1) is 8.99. The molecule has 0 spiro atoms. The van der Waals surface area contributed by atoms with Crippen LogP contribution in [0.25, 0.3) is 0 Å². The van der Waals surface area contributed by atoms with E-state index in [1.54, 1.807) is 11.3 Å². The smallest absolute Gasteiger partial charge is 0.264 e. The van der Waals surface area contributed by atoms with Crippen molar-refractivity contribution >= 4 is 34.5 Å². The van der Waals surface area contributed by atoms with Gasteiger partial charge in [0, 0.05) is 10.9 Å². The molecule has 0 aliphatic heterocycles. The fraction of sp³-hybridized carbons (Fsp3) is 0.571. The van der Waals surface area contributed by atoms with Crippen LogP contribution in [0.4, 0.5) is 0 Å².